The lowest BCUT2D eigenvalue weighted by Gasteiger charge is -2.23. The van der Waals surface area contributed by atoms with E-state index in [0.717, 1.165) is 38.8 Å². The number of ether oxygens (including phenoxy) is 1. The summed E-state index contributed by atoms with van der Waals surface area (Å²) in [7, 11) is 0. The van der Waals surface area contributed by atoms with E-state index in [4.69, 9.17) is 4.74 Å². The van der Waals surface area contributed by atoms with Crippen molar-refractivity contribution in [1.29, 1.82) is 0 Å². The Balaban J connectivity index is 1.35. The highest BCUT2D eigenvalue weighted by Crippen LogP contribution is 2.42. The number of halogens is 5. The molecule has 2 aromatic heterocycles. The highest BCUT2D eigenvalue weighted by atomic mass is 19.4. The number of fused-ring (bicyclic) bond motifs is 3. The van der Waals surface area contributed by atoms with Crippen molar-refractivity contribution in [3.63, 3.8) is 0 Å². The Morgan fingerprint density at radius 3 is 2.67 bits per heavy atom. The molecule has 4 heterocycles. The van der Waals surface area contributed by atoms with Gasteiger partial charge in [-0.25, -0.2) is 9.67 Å². The van der Waals surface area contributed by atoms with E-state index < -0.39 is 18.5 Å². The molecule has 1 N–H and O–H groups in total. The van der Waals surface area contributed by atoms with E-state index in [0.29, 0.717) is 71.5 Å². The molecular weight excluding hydrogens is 555 g/mol. The number of benzene rings is 1. The van der Waals surface area contributed by atoms with Crippen molar-refractivity contribution in [2.45, 2.75) is 76.2 Å². The summed E-state index contributed by atoms with van der Waals surface area (Å²) in [5.74, 6) is -0.115. The third-order valence-corrected chi connectivity index (χ3v) is 8.45. The van der Waals surface area contributed by atoms with Crippen LogP contribution in [-0.2, 0) is 11.2 Å². The Morgan fingerprint density at radius 2 is 1.93 bits per heavy atom. The van der Waals surface area contributed by atoms with Crippen molar-refractivity contribution in [3.8, 4) is 0 Å². The molecule has 3 aromatic rings. The van der Waals surface area contributed by atoms with Gasteiger partial charge in [-0.1, -0.05) is 11.6 Å². The molecule has 7 nitrogen and oxygen atoms in total. The number of aryl methyl sites for hydroxylation is 1. The molecule has 0 amide bonds. The molecule has 0 spiro atoms. The molecule has 2 saturated heterocycles. The van der Waals surface area contributed by atoms with Gasteiger partial charge in [0.15, 0.2) is 6.23 Å². The number of hydrogen-bond acceptors (Lipinski definition) is 6. The maximum Gasteiger partial charge on any atom is 0.392 e. The number of anilines is 1. The Bertz CT molecular complexity index is 1430. The second-order valence-electron chi connectivity index (χ2n) is 11.4. The third kappa shape index (κ3) is 6.15. The molecular formula is C30H35F5N6O. The fraction of sp³-hybridized carbons (Fsp3) is 0.567. The zero-order valence-corrected chi connectivity index (χ0v) is 23.4. The van der Waals surface area contributed by atoms with E-state index in [1.165, 1.54) is 6.20 Å². The van der Waals surface area contributed by atoms with E-state index in [1.54, 1.807) is 23.0 Å². The summed E-state index contributed by atoms with van der Waals surface area (Å²) in [6.45, 7) is 2.57. The molecule has 6 rings (SSSR count). The second kappa shape index (κ2) is 12.2. The molecule has 1 aromatic carbocycles. The van der Waals surface area contributed by atoms with Gasteiger partial charge in [-0.05, 0) is 68.6 Å². The van der Waals surface area contributed by atoms with E-state index in [9.17, 15) is 17.6 Å². The van der Waals surface area contributed by atoms with Crippen molar-refractivity contribution in [2.24, 2.45) is 0 Å². The molecule has 3 aliphatic rings. The second-order valence-corrected chi connectivity index (χ2v) is 11.4. The van der Waals surface area contributed by atoms with E-state index in [1.807, 2.05) is 0 Å². The Kier molecular flexibility index (Phi) is 8.44. The minimum Gasteiger partial charge on any atom is -0.365 e. The summed E-state index contributed by atoms with van der Waals surface area (Å²) in [6, 6.07) is 3.63. The number of allylic oxidation sites excluding steroid dienone is 1. The highest BCUT2D eigenvalue weighted by molar-refractivity contribution is 5.92. The van der Waals surface area contributed by atoms with Gasteiger partial charge < -0.3 is 15.0 Å². The van der Waals surface area contributed by atoms with Crippen molar-refractivity contribution >= 4 is 22.3 Å². The van der Waals surface area contributed by atoms with Gasteiger partial charge in [-0.2, -0.15) is 17.6 Å². The van der Waals surface area contributed by atoms with Crippen molar-refractivity contribution < 1.29 is 26.7 Å². The van der Waals surface area contributed by atoms with E-state index in [-0.39, 0.29) is 30.9 Å². The first-order chi connectivity index (χ1) is 20.3. The maximum atomic E-state index is 15.5. The van der Waals surface area contributed by atoms with Gasteiger partial charge in [0.1, 0.15) is 5.82 Å². The van der Waals surface area contributed by atoms with Crippen LogP contribution in [0.2, 0.25) is 0 Å². The Hall–Kier alpha value is -3.12. The van der Waals surface area contributed by atoms with Crippen LogP contribution in [0.1, 0.15) is 74.4 Å². The number of nitrogens with one attached hydrogen (secondary N) is 1. The summed E-state index contributed by atoms with van der Waals surface area (Å²) in [5.41, 5.74) is 2.67. The van der Waals surface area contributed by atoms with Crippen LogP contribution in [0.25, 0.3) is 16.5 Å². The van der Waals surface area contributed by atoms with E-state index in [2.05, 4.69) is 25.3 Å². The molecule has 42 heavy (non-hydrogen) atoms. The fourth-order valence-electron chi connectivity index (χ4n) is 6.59. The standard InChI is InChI=1S/C30H35F5N6O/c31-11-4-12-40-13-10-20(18-40)38-25-17-36-23(16-37-25)27-19(15-30(33,34)35)5-3-6-21-22(27)8-9-24-28(21)29(32)39-41(24)26-7-1-2-14-42-26/h8-9,16-17,20,26H,1-7,10-15,18H2,(H,37,38)/t20-,26?/m0/s1. The molecule has 0 saturated carbocycles. The highest BCUT2D eigenvalue weighted by Gasteiger charge is 2.34. The molecule has 2 fully saturated rings. The Labute approximate surface area is 241 Å². The van der Waals surface area contributed by atoms with Gasteiger partial charge in [0.05, 0.1) is 42.1 Å². The first kappa shape index (κ1) is 29.0. The smallest absolute Gasteiger partial charge is 0.365 e. The number of rotatable bonds is 8. The molecule has 1 aliphatic carbocycles. The normalized spacial score (nSPS) is 22.0. The lowest BCUT2D eigenvalue weighted by Crippen LogP contribution is -2.27. The first-order valence-corrected chi connectivity index (χ1v) is 14.8. The van der Waals surface area contributed by atoms with Crippen molar-refractivity contribution in [2.75, 3.05) is 38.2 Å². The number of alkyl halides is 4. The first-order valence-electron chi connectivity index (χ1n) is 14.8. The van der Waals surface area contributed by atoms with Crippen LogP contribution in [0.3, 0.4) is 0 Å². The molecule has 2 atom stereocenters. The van der Waals surface area contributed by atoms with Crippen molar-refractivity contribution in [1.82, 2.24) is 24.6 Å². The number of hydrogen-bond donors (Lipinski definition) is 1. The third-order valence-electron chi connectivity index (χ3n) is 8.45. The zero-order chi connectivity index (χ0) is 29.3. The van der Waals surface area contributed by atoms with Crippen LogP contribution in [0.15, 0.2) is 30.1 Å². The Morgan fingerprint density at radius 1 is 1.05 bits per heavy atom. The lowest BCUT2D eigenvalue weighted by atomic mass is 9.91. The van der Waals surface area contributed by atoms with Crippen LogP contribution < -0.4 is 5.32 Å². The topological polar surface area (TPSA) is 68.1 Å². The zero-order valence-electron chi connectivity index (χ0n) is 23.4. The SMILES string of the molecule is FCCCN1CC[C@H](Nc2cnc(C3=C(CC(F)(F)F)CCCc4c3ccc3c4c(F)nn3C3CCCCO3)cn2)C1. The number of aromatic nitrogens is 4. The summed E-state index contributed by atoms with van der Waals surface area (Å²) >= 11 is 0. The van der Waals surface area contributed by atoms with Crippen LogP contribution in [0.4, 0.5) is 27.8 Å². The average Bonchev–Trinajstić information content (AvgIpc) is 3.51. The molecule has 1 unspecified atom stereocenters. The van der Waals surface area contributed by atoms with E-state index >= 15 is 4.39 Å². The average molecular weight is 591 g/mol. The maximum absolute atomic E-state index is 15.5. The number of likely N-dealkylation sites (tertiary alicyclic amines) is 1. The minimum atomic E-state index is -4.41. The largest absolute Gasteiger partial charge is 0.392 e. The summed E-state index contributed by atoms with van der Waals surface area (Å²) < 4.78 is 76.8. The van der Waals surface area contributed by atoms with Crippen LogP contribution in [0, 0.1) is 5.95 Å². The monoisotopic (exact) mass is 590 g/mol. The van der Waals surface area contributed by atoms with Gasteiger partial charge in [0.2, 0.25) is 5.95 Å². The molecule has 2 aliphatic heterocycles. The van der Waals surface area contributed by atoms with Gasteiger partial charge in [-0.15, -0.1) is 5.10 Å². The van der Waals surface area contributed by atoms with Gasteiger partial charge in [0.25, 0.3) is 0 Å². The molecule has 0 bridgehead atoms. The van der Waals surface area contributed by atoms with Gasteiger partial charge in [-0.3, -0.25) is 9.37 Å². The lowest BCUT2D eigenvalue weighted by molar-refractivity contribution is -0.127. The summed E-state index contributed by atoms with van der Waals surface area (Å²) in [4.78, 5) is 11.3. The fourth-order valence-corrected chi connectivity index (χ4v) is 6.59. The predicted molar refractivity (Wildman–Crippen MR) is 149 cm³/mol. The quantitative estimate of drug-likeness (QED) is 0.298. The van der Waals surface area contributed by atoms with Crippen LogP contribution in [0.5, 0.6) is 0 Å². The minimum absolute atomic E-state index is 0.129. The molecule has 0 radical (unpaired) electrons. The van der Waals surface area contributed by atoms with Crippen LogP contribution in [-0.4, -0.2) is 69.8 Å². The molecule has 12 heteroatoms. The summed E-state index contributed by atoms with van der Waals surface area (Å²) in [6.07, 6.45) is 2.27. The number of nitrogens with zero attached hydrogens (tertiary/aromatic N) is 5. The summed E-state index contributed by atoms with van der Waals surface area (Å²) in [5, 5.41) is 7.86. The van der Waals surface area contributed by atoms with Gasteiger partial charge >= 0.3 is 6.18 Å². The van der Waals surface area contributed by atoms with Crippen LogP contribution >= 0.6 is 0 Å². The molecule has 226 valence electrons. The van der Waals surface area contributed by atoms with Gasteiger partial charge in [0, 0.05) is 37.9 Å². The predicted octanol–water partition coefficient (Wildman–Crippen LogP) is 6.60. The van der Waals surface area contributed by atoms with Crippen molar-refractivity contribution in [3.05, 3.63) is 52.9 Å².